The number of benzene rings is 2. The fourth-order valence-electron chi connectivity index (χ4n) is 4.25. The number of rotatable bonds is 6. The molecule has 2 aliphatic rings. The molecule has 1 fully saturated rings. The second-order valence-electron chi connectivity index (χ2n) is 8.33. The van der Waals surface area contributed by atoms with E-state index in [0.717, 1.165) is 50.1 Å². The average molecular weight is 401 g/mol. The van der Waals surface area contributed by atoms with Gasteiger partial charge in [-0.1, -0.05) is 60.7 Å². The van der Waals surface area contributed by atoms with Gasteiger partial charge in [0.15, 0.2) is 0 Å². The van der Waals surface area contributed by atoms with Crippen molar-refractivity contribution in [2.24, 2.45) is 10.9 Å². The zero-order valence-electron chi connectivity index (χ0n) is 17.9. The Morgan fingerprint density at radius 1 is 1.00 bits per heavy atom. The average Bonchev–Trinajstić information content (AvgIpc) is 2.93. The molecular weight excluding hydrogens is 368 g/mol. The molecule has 0 saturated carbocycles. The lowest BCUT2D eigenvalue weighted by molar-refractivity contribution is 0.0635. The summed E-state index contributed by atoms with van der Waals surface area (Å²) in [5.41, 5.74) is 6.26. The van der Waals surface area contributed by atoms with Gasteiger partial charge < -0.3 is 10.1 Å². The molecule has 1 saturated heterocycles. The summed E-state index contributed by atoms with van der Waals surface area (Å²) in [6.07, 6.45) is 10.1. The molecule has 0 aliphatic carbocycles. The maximum atomic E-state index is 5.48. The highest BCUT2D eigenvalue weighted by atomic mass is 16.5. The Morgan fingerprint density at radius 3 is 2.60 bits per heavy atom. The molecule has 156 valence electrons. The lowest BCUT2D eigenvalue weighted by Gasteiger charge is -2.21. The third-order valence-corrected chi connectivity index (χ3v) is 6.06. The number of nitrogens with one attached hydrogen (secondary N) is 1. The molecule has 0 atom stereocenters. The molecule has 2 aromatic carbocycles. The van der Waals surface area contributed by atoms with Gasteiger partial charge in [0.2, 0.25) is 0 Å². The summed E-state index contributed by atoms with van der Waals surface area (Å²) in [6, 6.07) is 19.1. The van der Waals surface area contributed by atoms with Gasteiger partial charge in [0.1, 0.15) is 5.84 Å². The van der Waals surface area contributed by atoms with Crippen molar-refractivity contribution in [3.05, 3.63) is 88.6 Å². The molecule has 0 aromatic heterocycles. The summed E-state index contributed by atoms with van der Waals surface area (Å²) in [7, 11) is 0. The Bertz CT molecular complexity index is 921. The summed E-state index contributed by atoms with van der Waals surface area (Å²) in [5.74, 6) is 1.81. The molecular formula is C27H32N2O. The van der Waals surface area contributed by atoms with Gasteiger partial charge in [0.25, 0.3) is 0 Å². The summed E-state index contributed by atoms with van der Waals surface area (Å²) in [5, 5.41) is 3.65. The zero-order chi connectivity index (χ0) is 20.6. The molecule has 3 heteroatoms. The lowest BCUT2D eigenvalue weighted by atomic mass is 9.95. The molecule has 30 heavy (non-hydrogen) atoms. The van der Waals surface area contributed by atoms with Crippen molar-refractivity contribution in [1.29, 1.82) is 0 Å². The Balaban J connectivity index is 1.49. The Kier molecular flexibility index (Phi) is 7.15. The van der Waals surface area contributed by atoms with Crippen molar-refractivity contribution in [3.63, 3.8) is 0 Å². The van der Waals surface area contributed by atoms with Crippen molar-refractivity contribution in [2.75, 3.05) is 19.8 Å². The van der Waals surface area contributed by atoms with E-state index in [4.69, 9.17) is 9.73 Å². The van der Waals surface area contributed by atoms with Crippen LogP contribution >= 0.6 is 0 Å². The molecule has 0 amide bonds. The summed E-state index contributed by atoms with van der Waals surface area (Å²) in [4.78, 5) is 5.01. The number of amidine groups is 1. The highest BCUT2D eigenvalue weighted by Gasteiger charge is 2.17. The van der Waals surface area contributed by atoms with Crippen LogP contribution in [0.2, 0.25) is 0 Å². The molecule has 2 aliphatic heterocycles. The standard InChI is InChI=1S/C27H32N2O/c1-21-20-24-11-5-6-12-25(24)27(28-17-7-10-23-15-18-30-19-16-23)29-26(21)14-13-22-8-3-2-4-9-22/h2-6,8-9,11-14,23H,7,10,15-20H2,1H3,(H,28,29)/b14-13+. The van der Waals surface area contributed by atoms with Gasteiger partial charge in [-0.05, 0) is 67.7 Å². The first-order chi connectivity index (χ1) is 14.8. The van der Waals surface area contributed by atoms with Crippen molar-refractivity contribution in [1.82, 2.24) is 5.32 Å². The van der Waals surface area contributed by atoms with E-state index < -0.39 is 0 Å². The van der Waals surface area contributed by atoms with E-state index in [9.17, 15) is 0 Å². The van der Waals surface area contributed by atoms with Crippen molar-refractivity contribution >= 4 is 11.9 Å². The number of hydrogen-bond donors (Lipinski definition) is 1. The maximum Gasteiger partial charge on any atom is 0.133 e. The number of allylic oxidation sites excluding steroid dienone is 2. The Labute approximate surface area is 180 Å². The number of ether oxygens (including phenoxy) is 1. The van der Waals surface area contributed by atoms with Crippen LogP contribution in [0.15, 0.2) is 76.9 Å². The topological polar surface area (TPSA) is 33.6 Å². The largest absolute Gasteiger partial charge is 0.381 e. The van der Waals surface area contributed by atoms with Gasteiger partial charge in [-0.3, -0.25) is 4.99 Å². The predicted molar refractivity (Wildman–Crippen MR) is 126 cm³/mol. The van der Waals surface area contributed by atoms with E-state index in [-0.39, 0.29) is 0 Å². The molecule has 0 unspecified atom stereocenters. The number of nitrogens with zero attached hydrogens (tertiary/aromatic N) is 1. The van der Waals surface area contributed by atoms with Crippen LogP contribution in [0.5, 0.6) is 0 Å². The van der Waals surface area contributed by atoms with Crippen LogP contribution < -0.4 is 5.32 Å². The highest BCUT2D eigenvalue weighted by molar-refractivity contribution is 6.02. The Morgan fingerprint density at radius 2 is 1.77 bits per heavy atom. The van der Waals surface area contributed by atoms with Gasteiger partial charge >= 0.3 is 0 Å². The second kappa shape index (κ2) is 10.4. The van der Waals surface area contributed by atoms with E-state index in [1.165, 1.54) is 41.5 Å². The molecule has 1 N–H and O–H groups in total. The van der Waals surface area contributed by atoms with Gasteiger partial charge in [-0.25, -0.2) is 0 Å². The third kappa shape index (κ3) is 5.48. The third-order valence-electron chi connectivity index (χ3n) is 6.06. The number of aliphatic imine (C=N–C) groups is 1. The van der Waals surface area contributed by atoms with E-state index in [0.29, 0.717) is 0 Å². The van der Waals surface area contributed by atoms with E-state index in [1.807, 2.05) is 6.07 Å². The van der Waals surface area contributed by atoms with Crippen LogP contribution in [0.1, 0.15) is 49.3 Å². The van der Waals surface area contributed by atoms with Gasteiger partial charge in [-0.15, -0.1) is 0 Å². The fraction of sp³-hybridized carbons (Fsp3) is 0.370. The zero-order valence-corrected chi connectivity index (χ0v) is 17.9. The first-order valence-corrected chi connectivity index (χ1v) is 11.2. The number of fused-ring (bicyclic) bond motifs is 1. The quantitative estimate of drug-likeness (QED) is 0.624. The van der Waals surface area contributed by atoms with Crippen LogP contribution in [0.25, 0.3) is 6.08 Å². The van der Waals surface area contributed by atoms with E-state index in [2.05, 4.69) is 72.9 Å². The summed E-state index contributed by atoms with van der Waals surface area (Å²) in [6.45, 7) is 4.93. The van der Waals surface area contributed by atoms with Crippen molar-refractivity contribution in [2.45, 2.75) is 39.0 Å². The first-order valence-electron chi connectivity index (χ1n) is 11.2. The second-order valence-corrected chi connectivity index (χ2v) is 8.33. The van der Waals surface area contributed by atoms with Gasteiger partial charge in [-0.2, -0.15) is 0 Å². The van der Waals surface area contributed by atoms with Crippen LogP contribution in [0, 0.1) is 5.92 Å². The Hall–Kier alpha value is -2.65. The highest BCUT2D eigenvalue weighted by Crippen LogP contribution is 2.23. The maximum absolute atomic E-state index is 5.48. The molecule has 0 radical (unpaired) electrons. The van der Waals surface area contributed by atoms with Crippen LogP contribution in [-0.2, 0) is 11.2 Å². The SMILES string of the molecule is CC1=C(/C=C/c2ccccc2)NC(=NCCCC2CCOCC2)c2ccccc2C1. The van der Waals surface area contributed by atoms with Crippen molar-refractivity contribution in [3.8, 4) is 0 Å². The minimum absolute atomic E-state index is 0.805. The molecule has 4 rings (SSSR count). The normalized spacial score (nSPS) is 19.0. The van der Waals surface area contributed by atoms with Crippen LogP contribution in [0.3, 0.4) is 0 Å². The molecule has 0 spiro atoms. The van der Waals surface area contributed by atoms with Gasteiger partial charge in [0, 0.05) is 31.0 Å². The smallest absolute Gasteiger partial charge is 0.133 e. The minimum Gasteiger partial charge on any atom is -0.381 e. The molecule has 3 nitrogen and oxygen atoms in total. The summed E-state index contributed by atoms with van der Waals surface area (Å²) >= 11 is 0. The fourth-order valence-corrected chi connectivity index (χ4v) is 4.25. The number of hydrogen-bond acceptors (Lipinski definition) is 2. The molecule has 2 aromatic rings. The predicted octanol–water partition coefficient (Wildman–Crippen LogP) is 5.77. The summed E-state index contributed by atoms with van der Waals surface area (Å²) < 4.78 is 5.48. The van der Waals surface area contributed by atoms with Gasteiger partial charge in [0.05, 0.1) is 0 Å². The molecule has 2 heterocycles. The monoisotopic (exact) mass is 400 g/mol. The van der Waals surface area contributed by atoms with E-state index in [1.54, 1.807) is 0 Å². The van der Waals surface area contributed by atoms with E-state index >= 15 is 0 Å². The first kappa shape index (κ1) is 20.6. The minimum atomic E-state index is 0.805. The van der Waals surface area contributed by atoms with Crippen molar-refractivity contribution < 1.29 is 4.74 Å². The van der Waals surface area contributed by atoms with Crippen LogP contribution in [-0.4, -0.2) is 25.6 Å². The molecule has 0 bridgehead atoms. The lowest BCUT2D eigenvalue weighted by Crippen LogP contribution is -2.23. The van der Waals surface area contributed by atoms with Crippen LogP contribution in [0.4, 0.5) is 0 Å².